The first kappa shape index (κ1) is 18.9. The van der Waals surface area contributed by atoms with Crippen molar-refractivity contribution >= 4 is 33.0 Å². The van der Waals surface area contributed by atoms with E-state index < -0.39 is 0 Å². The third-order valence-corrected chi connectivity index (χ3v) is 7.87. The summed E-state index contributed by atoms with van der Waals surface area (Å²) in [6.07, 6.45) is 17.4. The monoisotopic (exact) mass is 425 g/mol. The summed E-state index contributed by atoms with van der Waals surface area (Å²) < 4.78 is 2.46. The van der Waals surface area contributed by atoms with Gasteiger partial charge in [-0.2, -0.15) is 0 Å². The first-order valence-corrected chi connectivity index (χ1v) is 12.3. The van der Waals surface area contributed by atoms with E-state index in [0.29, 0.717) is 11.8 Å². The molecule has 0 N–H and O–H groups in total. The maximum Gasteiger partial charge on any atom is 0.0541 e. The van der Waals surface area contributed by atoms with Gasteiger partial charge in [-0.1, -0.05) is 73.7 Å². The second kappa shape index (κ2) is 7.22. The number of fused-ring (bicyclic) bond motifs is 7. The molecule has 4 aromatic rings. The second-order valence-corrected chi connectivity index (χ2v) is 9.55. The maximum absolute atomic E-state index is 2.46. The van der Waals surface area contributed by atoms with E-state index in [1.54, 1.807) is 0 Å². The van der Waals surface area contributed by atoms with Crippen molar-refractivity contribution < 1.29 is 0 Å². The van der Waals surface area contributed by atoms with Gasteiger partial charge in [-0.05, 0) is 82.7 Å². The highest BCUT2D eigenvalue weighted by molar-refractivity contribution is 6.09. The highest BCUT2D eigenvalue weighted by atomic mass is 15.0. The van der Waals surface area contributed by atoms with E-state index in [-0.39, 0.29) is 0 Å². The summed E-state index contributed by atoms with van der Waals surface area (Å²) in [4.78, 5) is 0. The molecule has 33 heavy (non-hydrogen) atoms. The van der Waals surface area contributed by atoms with Gasteiger partial charge >= 0.3 is 0 Å². The van der Waals surface area contributed by atoms with E-state index in [2.05, 4.69) is 109 Å². The average Bonchev–Trinajstić information content (AvgIpc) is 3.22. The predicted octanol–water partition coefficient (Wildman–Crippen LogP) is 6.37. The van der Waals surface area contributed by atoms with E-state index in [1.807, 2.05) is 0 Å². The Morgan fingerprint density at radius 2 is 1.73 bits per heavy atom. The Labute approximate surface area is 194 Å². The van der Waals surface area contributed by atoms with Crippen LogP contribution in [-0.2, 0) is 6.42 Å². The minimum Gasteiger partial charge on any atom is -0.309 e. The van der Waals surface area contributed by atoms with E-state index >= 15 is 0 Å². The fourth-order valence-electron chi connectivity index (χ4n) is 6.29. The minimum absolute atomic E-state index is 0.508. The molecule has 0 saturated heterocycles. The molecule has 160 valence electrons. The molecule has 0 saturated carbocycles. The lowest BCUT2D eigenvalue weighted by Gasteiger charge is -2.34. The van der Waals surface area contributed by atoms with Crippen molar-refractivity contribution in [3.63, 3.8) is 0 Å². The Morgan fingerprint density at radius 1 is 0.818 bits per heavy atom. The second-order valence-electron chi connectivity index (χ2n) is 9.55. The molecule has 0 amide bonds. The number of rotatable bonds is 2. The van der Waals surface area contributed by atoms with Crippen LogP contribution in [0.1, 0.15) is 25.3 Å². The Hall–Kier alpha value is -3.58. The molecule has 1 heteroatoms. The standard InChI is InChI=1S/C32H27N/c1-2-21-15-18-32-30(19-21)28-13-7-8-14-31(28)33(32)22-16-17-27-25-11-4-3-9-23(25)24-10-5-6-12-26(24)29(27)20-22/h3-4,6-9,11-20,23-24H,2,5,10H2,1H3. The molecule has 1 aromatic heterocycles. The molecule has 3 aromatic carbocycles. The first-order chi connectivity index (χ1) is 16.3. The minimum atomic E-state index is 0.508. The fraction of sp³-hybridized carbons (Fsp3) is 0.188. The number of aryl methyl sites for hydroxylation is 1. The number of benzene rings is 3. The van der Waals surface area contributed by atoms with E-state index in [9.17, 15) is 0 Å². The summed E-state index contributed by atoms with van der Waals surface area (Å²) in [7, 11) is 0. The normalized spacial score (nSPS) is 20.9. The summed E-state index contributed by atoms with van der Waals surface area (Å²) in [5.41, 5.74) is 8.21. The van der Waals surface area contributed by atoms with Crippen LogP contribution in [0.4, 0.5) is 0 Å². The number of hydrogen-bond donors (Lipinski definition) is 0. The third kappa shape index (κ3) is 2.72. The van der Waals surface area contributed by atoms with E-state index in [1.165, 1.54) is 67.5 Å². The molecule has 7 rings (SSSR count). The van der Waals surface area contributed by atoms with Gasteiger partial charge in [0.2, 0.25) is 0 Å². The Balaban J connectivity index is 1.57. The zero-order valence-corrected chi connectivity index (χ0v) is 19.0. The van der Waals surface area contributed by atoms with Crippen molar-refractivity contribution in [1.29, 1.82) is 0 Å². The number of para-hydroxylation sites is 1. The Kier molecular flexibility index (Phi) is 4.14. The summed E-state index contributed by atoms with van der Waals surface area (Å²) >= 11 is 0. The van der Waals surface area contributed by atoms with Crippen molar-refractivity contribution in [3.8, 4) is 5.69 Å². The van der Waals surface area contributed by atoms with Crippen LogP contribution >= 0.6 is 0 Å². The van der Waals surface area contributed by atoms with Crippen LogP contribution in [0.15, 0.2) is 97.1 Å². The van der Waals surface area contributed by atoms with Crippen LogP contribution in [0.5, 0.6) is 0 Å². The molecular formula is C32H27N. The lowest BCUT2D eigenvalue weighted by molar-refractivity contribution is 0.529. The number of hydrogen-bond acceptors (Lipinski definition) is 0. The fourth-order valence-corrected chi connectivity index (χ4v) is 6.29. The Morgan fingerprint density at radius 3 is 2.67 bits per heavy atom. The van der Waals surface area contributed by atoms with Crippen LogP contribution in [0.25, 0.3) is 38.6 Å². The highest BCUT2D eigenvalue weighted by Crippen LogP contribution is 2.39. The largest absolute Gasteiger partial charge is 0.309 e. The molecule has 0 radical (unpaired) electrons. The van der Waals surface area contributed by atoms with Gasteiger partial charge in [0.05, 0.1) is 11.0 Å². The lowest BCUT2D eigenvalue weighted by atomic mass is 9.70. The lowest BCUT2D eigenvalue weighted by Crippen LogP contribution is -2.40. The van der Waals surface area contributed by atoms with Gasteiger partial charge in [0.15, 0.2) is 0 Å². The van der Waals surface area contributed by atoms with E-state index in [4.69, 9.17) is 0 Å². The molecule has 2 atom stereocenters. The average molecular weight is 426 g/mol. The van der Waals surface area contributed by atoms with Crippen molar-refractivity contribution in [3.05, 3.63) is 113 Å². The zero-order valence-electron chi connectivity index (χ0n) is 19.0. The third-order valence-electron chi connectivity index (χ3n) is 7.87. The van der Waals surface area contributed by atoms with Crippen LogP contribution in [-0.4, -0.2) is 4.57 Å². The highest BCUT2D eigenvalue weighted by Gasteiger charge is 2.30. The summed E-state index contributed by atoms with van der Waals surface area (Å²) in [5, 5.41) is 5.49. The molecule has 0 aliphatic heterocycles. The van der Waals surface area contributed by atoms with Gasteiger partial charge in [0.1, 0.15) is 0 Å². The van der Waals surface area contributed by atoms with Crippen LogP contribution in [0.3, 0.4) is 0 Å². The van der Waals surface area contributed by atoms with Gasteiger partial charge in [0.25, 0.3) is 0 Å². The maximum atomic E-state index is 2.46. The van der Waals surface area contributed by atoms with Crippen LogP contribution in [0.2, 0.25) is 0 Å². The van der Waals surface area contributed by atoms with Crippen molar-refractivity contribution in [1.82, 2.24) is 4.57 Å². The molecular weight excluding hydrogens is 398 g/mol. The van der Waals surface area contributed by atoms with Crippen LogP contribution < -0.4 is 10.4 Å². The predicted molar refractivity (Wildman–Crippen MR) is 140 cm³/mol. The molecule has 0 spiro atoms. The number of aromatic nitrogens is 1. The smallest absolute Gasteiger partial charge is 0.0541 e. The quantitative estimate of drug-likeness (QED) is 0.352. The summed E-state index contributed by atoms with van der Waals surface area (Å²) in [5.74, 6) is 1.09. The van der Waals surface area contributed by atoms with Gasteiger partial charge in [-0.15, -0.1) is 0 Å². The molecule has 3 aliphatic carbocycles. The molecule has 2 unspecified atom stereocenters. The molecule has 0 bridgehead atoms. The molecule has 1 heterocycles. The van der Waals surface area contributed by atoms with Gasteiger partial charge in [-0.3, -0.25) is 0 Å². The Bertz CT molecular complexity index is 1650. The van der Waals surface area contributed by atoms with Crippen molar-refractivity contribution in [2.75, 3.05) is 0 Å². The van der Waals surface area contributed by atoms with Gasteiger partial charge in [0, 0.05) is 22.4 Å². The summed E-state index contributed by atoms with van der Waals surface area (Å²) in [6, 6.07) is 22.9. The van der Waals surface area contributed by atoms with Gasteiger partial charge in [-0.25, -0.2) is 0 Å². The van der Waals surface area contributed by atoms with Gasteiger partial charge < -0.3 is 4.57 Å². The number of allylic oxidation sites excluding steroid dienone is 6. The summed E-state index contributed by atoms with van der Waals surface area (Å²) in [6.45, 7) is 2.23. The van der Waals surface area contributed by atoms with Crippen molar-refractivity contribution in [2.24, 2.45) is 11.8 Å². The topological polar surface area (TPSA) is 4.93 Å². The molecule has 0 fully saturated rings. The molecule has 1 nitrogen and oxygen atoms in total. The van der Waals surface area contributed by atoms with Crippen molar-refractivity contribution in [2.45, 2.75) is 26.2 Å². The first-order valence-electron chi connectivity index (χ1n) is 12.3. The SMILES string of the molecule is CCc1ccc2c(c1)c1ccccc1n2-c1ccc2c(c1)=C1C=CCCC1C1C=CC=CC=21. The zero-order chi connectivity index (χ0) is 21.9. The van der Waals surface area contributed by atoms with Crippen LogP contribution in [0, 0.1) is 11.8 Å². The molecule has 3 aliphatic rings. The van der Waals surface area contributed by atoms with E-state index in [0.717, 1.165) is 6.42 Å². The number of nitrogens with zero attached hydrogens (tertiary/aromatic N) is 1.